The minimum Gasteiger partial charge on any atom is -0.489 e. The van der Waals surface area contributed by atoms with Crippen LogP contribution in [0.2, 0.25) is 0 Å². The van der Waals surface area contributed by atoms with Crippen LogP contribution in [0.5, 0.6) is 5.75 Å². The third kappa shape index (κ3) is 4.84. The minimum atomic E-state index is -0.197. The van der Waals surface area contributed by atoms with Crippen molar-refractivity contribution in [3.63, 3.8) is 0 Å². The molecule has 0 fully saturated rings. The molecule has 7 heteroatoms. The number of hydrogen-bond acceptors (Lipinski definition) is 5. The fraction of sp³-hybridized carbons (Fsp3) is 0.353. The number of aryl methyl sites for hydroxylation is 2. The highest BCUT2D eigenvalue weighted by Gasteiger charge is 2.10. The van der Waals surface area contributed by atoms with E-state index >= 15 is 0 Å². The lowest BCUT2D eigenvalue weighted by atomic mass is 10.2. The molecule has 0 unspecified atom stereocenters. The van der Waals surface area contributed by atoms with E-state index in [0.717, 1.165) is 17.0 Å². The van der Waals surface area contributed by atoms with Gasteiger partial charge in [-0.05, 0) is 38.1 Å². The molecule has 0 aliphatic rings. The predicted octanol–water partition coefficient (Wildman–Crippen LogP) is 1.74. The lowest BCUT2D eigenvalue weighted by molar-refractivity contribution is -0.118. The number of nitrogens with zero attached hydrogens (tertiary/aromatic N) is 1. The van der Waals surface area contributed by atoms with Gasteiger partial charge in [-0.25, -0.2) is 0 Å². The topological polar surface area (TPSA) is 93.5 Å². The monoisotopic (exact) mass is 331 g/mol. The quantitative estimate of drug-likeness (QED) is 0.754. The number of ether oxygens (including phenoxy) is 1. The number of carbonyl (C=O) groups is 2. The molecule has 2 aromatic rings. The summed E-state index contributed by atoms with van der Waals surface area (Å²) < 4.78 is 10.8. The molecule has 2 rings (SSSR count). The SMILES string of the molecule is CC(=O)NCCNC(=O)c1ccc(OCc2c(C)noc2C)cc1. The van der Waals surface area contributed by atoms with Gasteiger partial charge in [0.15, 0.2) is 0 Å². The number of nitrogens with one attached hydrogen (secondary N) is 2. The second-order valence-electron chi connectivity index (χ2n) is 5.35. The van der Waals surface area contributed by atoms with Crippen molar-refractivity contribution in [1.29, 1.82) is 0 Å². The summed E-state index contributed by atoms with van der Waals surface area (Å²) >= 11 is 0. The lowest BCUT2D eigenvalue weighted by Gasteiger charge is -2.08. The molecule has 24 heavy (non-hydrogen) atoms. The number of rotatable bonds is 7. The van der Waals surface area contributed by atoms with Crippen LogP contribution in [0, 0.1) is 13.8 Å². The van der Waals surface area contributed by atoms with Crippen molar-refractivity contribution >= 4 is 11.8 Å². The average Bonchev–Trinajstić information content (AvgIpc) is 2.88. The van der Waals surface area contributed by atoms with Crippen LogP contribution in [0.1, 0.15) is 34.3 Å². The lowest BCUT2D eigenvalue weighted by Crippen LogP contribution is -2.33. The third-order valence-corrected chi connectivity index (χ3v) is 3.47. The maximum absolute atomic E-state index is 11.9. The number of hydrogen-bond donors (Lipinski definition) is 2. The van der Waals surface area contributed by atoms with Gasteiger partial charge in [-0.3, -0.25) is 9.59 Å². The largest absolute Gasteiger partial charge is 0.489 e. The Kier molecular flexibility index (Phi) is 5.95. The summed E-state index contributed by atoms with van der Waals surface area (Å²) in [5.41, 5.74) is 2.26. The molecule has 0 saturated carbocycles. The third-order valence-electron chi connectivity index (χ3n) is 3.47. The van der Waals surface area contributed by atoms with Gasteiger partial charge in [-0.15, -0.1) is 0 Å². The van der Waals surface area contributed by atoms with Crippen molar-refractivity contribution in [2.45, 2.75) is 27.4 Å². The van der Waals surface area contributed by atoms with Crippen LogP contribution in [-0.2, 0) is 11.4 Å². The van der Waals surface area contributed by atoms with Gasteiger partial charge in [0.25, 0.3) is 5.91 Å². The minimum absolute atomic E-state index is 0.121. The van der Waals surface area contributed by atoms with Crippen molar-refractivity contribution in [1.82, 2.24) is 15.8 Å². The number of benzene rings is 1. The Morgan fingerprint density at radius 2 is 1.79 bits per heavy atom. The Bertz CT molecular complexity index is 688. The maximum atomic E-state index is 11.9. The molecule has 128 valence electrons. The summed E-state index contributed by atoms with van der Waals surface area (Å²) in [6.45, 7) is 6.28. The van der Waals surface area contributed by atoms with Gasteiger partial charge in [0.2, 0.25) is 5.91 Å². The second-order valence-corrected chi connectivity index (χ2v) is 5.35. The van der Waals surface area contributed by atoms with E-state index in [9.17, 15) is 9.59 Å². The molecule has 0 radical (unpaired) electrons. The molecule has 1 aromatic heterocycles. The molecule has 0 aliphatic carbocycles. The van der Waals surface area contributed by atoms with Gasteiger partial charge in [-0.2, -0.15) is 0 Å². The van der Waals surface area contributed by atoms with Crippen LogP contribution in [0.25, 0.3) is 0 Å². The van der Waals surface area contributed by atoms with Crippen LogP contribution in [-0.4, -0.2) is 30.1 Å². The Morgan fingerprint density at radius 1 is 1.12 bits per heavy atom. The van der Waals surface area contributed by atoms with Crippen LogP contribution < -0.4 is 15.4 Å². The van der Waals surface area contributed by atoms with E-state index in [1.165, 1.54) is 6.92 Å². The molecule has 0 saturated heterocycles. The summed E-state index contributed by atoms with van der Waals surface area (Å²) in [7, 11) is 0. The summed E-state index contributed by atoms with van der Waals surface area (Å²) in [4.78, 5) is 22.7. The van der Waals surface area contributed by atoms with Crippen molar-refractivity contribution in [3.8, 4) is 5.75 Å². The van der Waals surface area contributed by atoms with Crippen molar-refractivity contribution < 1.29 is 18.8 Å². The first-order valence-electron chi connectivity index (χ1n) is 7.64. The predicted molar refractivity (Wildman–Crippen MR) is 87.8 cm³/mol. The highest BCUT2D eigenvalue weighted by molar-refractivity contribution is 5.94. The van der Waals surface area contributed by atoms with Crippen molar-refractivity contribution in [2.24, 2.45) is 0 Å². The van der Waals surface area contributed by atoms with Gasteiger partial charge in [0.05, 0.1) is 11.3 Å². The number of amides is 2. The fourth-order valence-corrected chi connectivity index (χ4v) is 2.08. The van der Waals surface area contributed by atoms with Crippen LogP contribution >= 0.6 is 0 Å². The number of carbonyl (C=O) groups excluding carboxylic acids is 2. The Labute approximate surface area is 140 Å². The second kappa shape index (κ2) is 8.14. The van der Waals surface area contributed by atoms with Crippen LogP contribution in [0.4, 0.5) is 0 Å². The Balaban J connectivity index is 1.84. The van der Waals surface area contributed by atoms with Gasteiger partial charge in [-0.1, -0.05) is 5.16 Å². The molecule has 7 nitrogen and oxygen atoms in total. The summed E-state index contributed by atoms with van der Waals surface area (Å²) in [5, 5.41) is 9.22. The molecule has 0 atom stereocenters. The van der Waals surface area contributed by atoms with E-state index < -0.39 is 0 Å². The molecule has 1 heterocycles. The first kappa shape index (κ1) is 17.5. The summed E-state index contributed by atoms with van der Waals surface area (Å²) in [6.07, 6.45) is 0. The molecular formula is C17H21N3O4. The molecule has 2 N–H and O–H groups in total. The zero-order valence-electron chi connectivity index (χ0n) is 14.0. The van der Waals surface area contributed by atoms with Crippen molar-refractivity contribution in [2.75, 3.05) is 13.1 Å². The molecule has 0 bridgehead atoms. The smallest absolute Gasteiger partial charge is 0.251 e. The van der Waals surface area contributed by atoms with E-state index in [4.69, 9.17) is 9.26 Å². The molecule has 1 aromatic carbocycles. The van der Waals surface area contributed by atoms with E-state index in [1.54, 1.807) is 24.3 Å². The van der Waals surface area contributed by atoms with E-state index in [0.29, 0.717) is 31.0 Å². The first-order chi connectivity index (χ1) is 11.5. The molecule has 0 spiro atoms. The standard InChI is InChI=1S/C17H21N3O4/c1-11-16(12(2)24-20-11)10-23-15-6-4-14(5-7-15)17(22)19-9-8-18-13(3)21/h4-7H,8-10H2,1-3H3,(H,18,21)(H,19,22). The maximum Gasteiger partial charge on any atom is 0.251 e. The van der Waals surface area contributed by atoms with Gasteiger partial charge in [0.1, 0.15) is 18.1 Å². The fourth-order valence-electron chi connectivity index (χ4n) is 2.08. The van der Waals surface area contributed by atoms with Crippen LogP contribution in [0.15, 0.2) is 28.8 Å². The Morgan fingerprint density at radius 3 is 2.38 bits per heavy atom. The first-order valence-corrected chi connectivity index (χ1v) is 7.64. The van der Waals surface area contributed by atoms with E-state index in [1.807, 2.05) is 13.8 Å². The van der Waals surface area contributed by atoms with E-state index in [-0.39, 0.29) is 11.8 Å². The summed E-state index contributed by atoms with van der Waals surface area (Å²) in [6, 6.07) is 6.86. The van der Waals surface area contributed by atoms with Crippen LogP contribution in [0.3, 0.4) is 0 Å². The zero-order chi connectivity index (χ0) is 17.5. The summed E-state index contributed by atoms with van der Waals surface area (Å²) in [5.74, 6) is 1.08. The normalized spacial score (nSPS) is 10.3. The highest BCUT2D eigenvalue weighted by atomic mass is 16.5. The number of aromatic nitrogens is 1. The molecule has 2 amide bonds. The Hall–Kier alpha value is -2.83. The van der Waals surface area contributed by atoms with Gasteiger partial charge in [0, 0.05) is 25.6 Å². The van der Waals surface area contributed by atoms with Crippen molar-refractivity contribution in [3.05, 3.63) is 46.8 Å². The van der Waals surface area contributed by atoms with Gasteiger partial charge >= 0.3 is 0 Å². The van der Waals surface area contributed by atoms with Gasteiger partial charge < -0.3 is 19.9 Å². The molecular weight excluding hydrogens is 310 g/mol. The average molecular weight is 331 g/mol. The zero-order valence-corrected chi connectivity index (χ0v) is 14.0. The highest BCUT2D eigenvalue weighted by Crippen LogP contribution is 2.17. The molecule has 0 aliphatic heterocycles. The van der Waals surface area contributed by atoms with E-state index in [2.05, 4.69) is 15.8 Å².